The minimum absolute atomic E-state index is 0.0648. The molecule has 0 aliphatic rings. The second-order valence-corrected chi connectivity index (χ2v) is 24.3. The van der Waals surface area contributed by atoms with Crippen LogP contribution in [0.1, 0.15) is 322 Å². The summed E-state index contributed by atoms with van der Waals surface area (Å²) in [5, 5.41) is 13.9. The third kappa shape index (κ3) is 55.0. The molecule has 70 heavy (non-hydrogen) atoms. The van der Waals surface area contributed by atoms with Crippen molar-refractivity contribution >= 4 is 13.7 Å². The summed E-state index contributed by atoms with van der Waals surface area (Å²) < 4.78 is 23.6. The van der Waals surface area contributed by atoms with Crippen LogP contribution in [0.25, 0.3) is 0 Å². The number of nitrogens with zero attached hydrogens (tertiary/aromatic N) is 1. The van der Waals surface area contributed by atoms with E-state index in [1.165, 1.54) is 263 Å². The number of unbranched alkanes of at least 4 members (excludes halogenated alkanes) is 45. The lowest BCUT2D eigenvalue weighted by molar-refractivity contribution is -0.870. The second kappa shape index (κ2) is 53.1. The summed E-state index contributed by atoms with van der Waals surface area (Å²) in [6.07, 6.45) is 66.5. The number of hydrogen-bond donors (Lipinski definition) is 3. The number of carbonyl (C=O) groups excluding carboxylic acids is 1. The van der Waals surface area contributed by atoms with Crippen molar-refractivity contribution in [2.24, 2.45) is 0 Å². The molecule has 418 valence electrons. The zero-order valence-corrected chi connectivity index (χ0v) is 48.7. The molecule has 3 N–H and O–H groups in total. The van der Waals surface area contributed by atoms with Crippen LogP contribution in [0.2, 0.25) is 0 Å². The van der Waals surface area contributed by atoms with E-state index in [4.69, 9.17) is 9.05 Å². The van der Waals surface area contributed by atoms with E-state index in [9.17, 15) is 19.4 Å². The van der Waals surface area contributed by atoms with Crippen LogP contribution in [0.3, 0.4) is 0 Å². The third-order valence-corrected chi connectivity index (χ3v) is 15.5. The van der Waals surface area contributed by atoms with Crippen molar-refractivity contribution in [3.63, 3.8) is 0 Å². The molecule has 9 heteroatoms. The fraction of sp³-hybridized carbons (Fsp3) is 0.951. The first kappa shape index (κ1) is 69.2. The molecule has 0 aromatic carbocycles. The zero-order valence-electron chi connectivity index (χ0n) is 47.8. The van der Waals surface area contributed by atoms with Crippen molar-refractivity contribution in [1.82, 2.24) is 5.32 Å². The molecule has 0 saturated carbocycles. The Bertz CT molecular complexity index is 1150. The minimum Gasteiger partial charge on any atom is -0.387 e. The molecule has 8 nitrogen and oxygen atoms in total. The fourth-order valence-electron chi connectivity index (χ4n) is 9.63. The maximum Gasteiger partial charge on any atom is 0.472 e. The van der Waals surface area contributed by atoms with E-state index in [1.807, 2.05) is 27.2 Å². The van der Waals surface area contributed by atoms with Gasteiger partial charge in [0.2, 0.25) is 5.91 Å². The number of aliphatic hydroxyl groups excluding tert-OH is 1. The van der Waals surface area contributed by atoms with E-state index >= 15 is 0 Å². The van der Waals surface area contributed by atoms with E-state index in [0.717, 1.165) is 38.5 Å². The summed E-state index contributed by atoms with van der Waals surface area (Å²) in [7, 11) is 1.59. The summed E-state index contributed by atoms with van der Waals surface area (Å²) in [5.41, 5.74) is 0. The second-order valence-electron chi connectivity index (χ2n) is 22.8. The van der Waals surface area contributed by atoms with Crippen LogP contribution in [0, 0.1) is 0 Å². The Labute approximate surface area is 437 Å². The number of phosphoric acid groups is 1. The maximum absolute atomic E-state index is 12.9. The van der Waals surface area contributed by atoms with Crippen LogP contribution in [-0.4, -0.2) is 73.4 Å². The number of hydrogen-bond acceptors (Lipinski definition) is 5. The van der Waals surface area contributed by atoms with Crippen molar-refractivity contribution in [3.05, 3.63) is 12.2 Å². The molecule has 0 bridgehead atoms. The summed E-state index contributed by atoms with van der Waals surface area (Å²) in [6.45, 7) is 4.84. The van der Waals surface area contributed by atoms with Crippen molar-refractivity contribution < 1.29 is 32.9 Å². The molecule has 0 spiro atoms. The van der Waals surface area contributed by atoms with Crippen LogP contribution in [-0.2, 0) is 18.4 Å². The Morgan fingerprint density at radius 2 is 0.757 bits per heavy atom. The van der Waals surface area contributed by atoms with Gasteiger partial charge in [0.15, 0.2) is 0 Å². The molecule has 0 aromatic rings. The molecule has 0 saturated heterocycles. The lowest BCUT2D eigenvalue weighted by Crippen LogP contribution is -2.45. The van der Waals surface area contributed by atoms with Crippen LogP contribution in [0.5, 0.6) is 0 Å². The fourth-order valence-corrected chi connectivity index (χ4v) is 10.4. The first-order chi connectivity index (χ1) is 34.0. The number of rotatable bonds is 58. The van der Waals surface area contributed by atoms with Crippen molar-refractivity contribution in [1.29, 1.82) is 0 Å². The minimum atomic E-state index is -4.34. The van der Waals surface area contributed by atoms with Gasteiger partial charge in [-0.2, -0.15) is 0 Å². The highest BCUT2D eigenvalue weighted by Gasteiger charge is 2.27. The van der Waals surface area contributed by atoms with E-state index < -0.39 is 20.0 Å². The van der Waals surface area contributed by atoms with Gasteiger partial charge in [0.1, 0.15) is 13.2 Å². The number of allylic oxidation sites excluding steroid dienone is 1. The van der Waals surface area contributed by atoms with Crippen LogP contribution < -0.4 is 5.32 Å². The highest BCUT2D eigenvalue weighted by Crippen LogP contribution is 2.43. The Morgan fingerprint density at radius 1 is 0.471 bits per heavy atom. The topological polar surface area (TPSA) is 105 Å². The summed E-state index contributed by atoms with van der Waals surface area (Å²) in [6, 6.07) is -0.841. The standard InChI is InChI=1S/C61H123N2O6P/c1-6-8-10-12-14-16-18-19-20-21-22-23-24-25-26-27-28-29-30-31-32-33-34-35-36-37-38-39-40-41-42-43-45-47-49-51-53-55-61(65)62-59(58-69-70(66,67)68-57-56-63(3,4)5)60(64)54-52-50-48-46-44-17-15-13-11-9-7-2/h52,54,59-60,64H,6-51,53,55-58H2,1-5H3,(H-,62,65,66,67)/p+1/b54-52+. The molecule has 3 atom stereocenters. The first-order valence-corrected chi connectivity index (χ1v) is 32.6. The summed E-state index contributed by atoms with van der Waals surface area (Å²) in [5.74, 6) is -0.171. The molecule has 0 aliphatic heterocycles. The van der Waals surface area contributed by atoms with E-state index in [2.05, 4.69) is 19.2 Å². The molecule has 3 unspecified atom stereocenters. The lowest BCUT2D eigenvalue weighted by Gasteiger charge is -2.25. The predicted molar refractivity (Wildman–Crippen MR) is 305 cm³/mol. The molecule has 0 rings (SSSR count). The number of amides is 1. The van der Waals surface area contributed by atoms with Gasteiger partial charge in [0.25, 0.3) is 0 Å². The smallest absolute Gasteiger partial charge is 0.387 e. The number of nitrogens with one attached hydrogen (secondary N) is 1. The average Bonchev–Trinajstić information content (AvgIpc) is 3.32. The summed E-state index contributed by atoms with van der Waals surface area (Å²) >= 11 is 0. The largest absolute Gasteiger partial charge is 0.472 e. The molecular formula is C61H124N2O6P+. The Kier molecular flexibility index (Phi) is 52.5. The van der Waals surface area contributed by atoms with Gasteiger partial charge < -0.3 is 19.8 Å². The van der Waals surface area contributed by atoms with Gasteiger partial charge in [-0.3, -0.25) is 13.8 Å². The van der Waals surface area contributed by atoms with Crippen LogP contribution in [0.15, 0.2) is 12.2 Å². The van der Waals surface area contributed by atoms with Gasteiger partial charge in [0, 0.05) is 6.42 Å². The van der Waals surface area contributed by atoms with Gasteiger partial charge in [0.05, 0.1) is 39.9 Å². The van der Waals surface area contributed by atoms with Gasteiger partial charge in [-0.15, -0.1) is 0 Å². The molecule has 1 amide bonds. The number of quaternary nitrogens is 1. The zero-order chi connectivity index (χ0) is 51.3. The summed E-state index contributed by atoms with van der Waals surface area (Å²) in [4.78, 5) is 23.2. The molecular weight excluding hydrogens is 888 g/mol. The normalized spacial score (nSPS) is 13.9. The number of phosphoric ester groups is 1. The number of likely N-dealkylation sites (N-methyl/N-ethyl adjacent to an activating group) is 1. The molecule has 0 aromatic heterocycles. The van der Waals surface area contributed by atoms with Gasteiger partial charge in [-0.05, 0) is 19.3 Å². The SMILES string of the molecule is CCCCCCCCCCC/C=C/C(O)C(COP(=O)(O)OCC[N+](C)(C)C)NC(=O)CCCCCCCCCCCCCCCCCCCCCCCCCCCCCCCCCCCCCCC. The van der Waals surface area contributed by atoms with Crippen molar-refractivity contribution in [2.45, 2.75) is 334 Å². The van der Waals surface area contributed by atoms with Crippen LogP contribution in [0.4, 0.5) is 0 Å². The van der Waals surface area contributed by atoms with E-state index in [-0.39, 0.29) is 19.1 Å². The predicted octanol–water partition coefficient (Wildman–Crippen LogP) is 19.0. The van der Waals surface area contributed by atoms with Gasteiger partial charge in [-0.25, -0.2) is 4.57 Å². The average molecular weight is 1010 g/mol. The highest BCUT2D eigenvalue weighted by atomic mass is 31.2. The van der Waals surface area contributed by atoms with Crippen LogP contribution >= 0.6 is 7.82 Å². The number of carbonyl (C=O) groups is 1. The Morgan fingerprint density at radius 3 is 1.06 bits per heavy atom. The van der Waals surface area contributed by atoms with Gasteiger partial charge in [-0.1, -0.05) is 309 Å². The van der Waals surface area contributed by atoms with Gasteiger partial charge >= 0.3 is 7.82 Å². The molecule has 0 aliphatic carbocycles. The highest BCUT2D eigenvalue weighted by molar-refractivity contribution is 7.47. The maximum atomic E-state index is 12.9. The lowest BCUT2D eigenvalue weighted by atomic mass is 10.0. The molecule has 0 radical (unpaired) electrons. The monoisotopic (exact) mass is 1010 g/mol. The number of aliphatic hydroxyl groups is 1. The quantitative estimate of drug-likeness (QED) is 0.0243. The Hall–Kier alpha value is -0.760. The van der Waals surface area contributed by atoms with Crippen molar-refractivity contribution in [2.75, 3.05) is 40.9 Å². The molecule has 0 heterocycles. The Balaban J connectivity index is 3.82. The van der Waals surface area contributed by atoms with Crippen molar-refractivity contribution in [3.8, 4) is 0 Å². The third-order valence-electron chi connectivity index (χ3n) is 14.5. The first-order valence-electron chi connectivity index (χ1n) is 31.1. The van der Waals surface area contributed by atoms with E-state index in [0.29, 0.717) is 17.4 Å². The van der Waals surface area contributed by atoms with E-state index in [1.54, 1.807) is 6.08 Å². The molecule has 0 fully saturated rings.